The number of likely N-dealkylation sites (N-methyl/N-ethyl adjacent to an activating group) is 1. The van der Waals surface area contributed by atoms with E-state index in [4.69, 9.17) is 18.9 Å². The van der Waals surface area contributed by atoms with Gasteiger partial charge in [0.25, 0.3) is 0 Å². The van der Waals surface area contributed by atoms with Crippen molar-refractivity contribution in [3.05, 3.63) is 60.8 Å². The van der Waals surface area contributed by atoms with Crippen LogP contribution < -0.4 is 5.11 Å². The van der Waals surface area contributed by atoms with Crippen molar-refractivity contribution in [3.8, 4) is 0 Å². The summed E-state index contributed by atoms with van der Waals surface area (Å²) in [6.07, 6.45) is 79.0. The monoisotopic (exact) mass is 1140 g/mol. The van der Waals surface area contributed by atoms with Gasteiger partial charge in [-0.3, -0.25) is 9.59 Å². The van der Waals surface area contributed by atoms with Crippen molar-refractivity contribution >= 4 is 17.9 Å². The number of carboxylic acid groups (broad SMARTS) is 1. The molecular weight excluding hydrogens is 1010 g/mol. The fraction of sp³-hybridized carbons (Fsp3) is 0.819. The highest BCUT2D eigenvalue weighted by atomic mass is 16.7. The van der Waals surface area contributed by atoms with Crippen LogP contribution in [0.3, 0.4) is 0 Å². The lowest BCUT2D eigenvalue weighted by molar-refractivity contribution is -0.870. The van der Waals surface area contributed by atoms with Crippen molar-refractivity contribution in [2.24, 2.45) is 0 Å². The Hall–Kier alpha value is -3.01. The number of unbranched alkanes of at least 4 members (excludes halogenated alkanes) is 39. The summed E-state index contributed by atoms with van der Waals surface area (Å²) in [5.74, 6) is -2.29. The summed E-state index contributed by atoms with van der Waals surface area (Å²) in [5.41, 5.74) is 0. The van der Waals surface area contributed by atoms with Gasteiger partial charge in [-0.2, -0.15) is 0 Å². The lowest BCUT2D eigenvalue weighted by Gasteiger charge is -2.26. The predicted octanol–water partition coefficient (Wildman–Crippen LogP) is 19.8. The second-order valence-electron chi connectivity index (χ2n) is 24.5. The molecule has 0 radical (unpaired) electrons. The molecule has 0 bridgehead atoms. The molecule has 0 fully saturated rings. The highest BCUT2D eigenvalue weighted by molar-refractivity contribution is 5.70. The van der Waals surface area contributed by atoms with Crippen LogP contribution in [0.25, 0.3) is 0 Å². The van der Waals surface area contributed by atoms with E-state index in [1.54, 1.807) is 0 Å². The van der Waals surface area contributed by atoms with Crippen LogP contribution in [-0.2, 0) is 33.3 Å². The third-order valence-electron chi connectivity index (χ3n) is 15.2. The summed E-state index contributed by atoms with van der Waals surface area (Å²) in [6, 6.07) is 0. The average molecular weight is 1140 g/mol. The summed E-state index contributed by atoms with van der Waals surface area (Å²) >= 11 is 0. The number of ether oxygens (including phenoxy) is 4. The number of carbonyl (C=O) groups excluding carboxylic acids is 3. The molecule has 2 atom stereocenters. The van der Waals surface area contributed by atoms with Gasteiger partial charge in [0.15, 0.2) is 12.4 Å². The van der Waals surface area contributed by atoms with Crippen molar-refractivity contribution in [2.75, 3.05) is 47.5 Å². The first-order chi connectivity index (χ1) is 39.6. The molecule has 2 unspecified atom stereocenters. The van der Waals surface area contributed by atoms with E-state index in [-0.39, 0.29) is 38.6 Å². The van der Waals surface area contributed by atoms with Crippen LogP contribution in [0.4, 0.5) is 0 Å². The minimum absolute atomic E-state index is 0.146. The second-order valence-corrected chi connectivity index (χ2v) is 24.5. The predicted molar refractivity (Wildman–Crippen MR) is 343 cm³/mol. The summed E-state index contributed by atoms with van der Waals surface area (Å²) in [5, 5.41) is 11.8. The zero-order valence-corrected chi connectivity index (χ0v) is 53.9. The van der Waals surface area contributed by atoms with Crippen molar-refractivity contribution in [1.29, 1.82) is 0 Å². The number of carbonyl (C=O) groups is 3. The highest BCUT2D eigenvalue weighted by Crippen LogP contribution is 2.18. The molecule has 0 amide bonds. The van der Waals surface area contributed by atoms with Gasteiger partial charge in [0.05, 0.1) is 40.3 Å². The van der Waals surface area contributed by atoms with Gasteiger partial charge in [0, 0.05) is 12.8 Å². The van der Waals surface area contributed by atoms with E-state index >= 15 is 0 Å². The molecule has 0 aromatic rings. The standard InChI is InChI=1S/C72H131NO8/c1-6-8-10-12-14-16-18-20-22-23-24-25-26-27-28-29-30-31-32-33-34-35-36-37-38-39-40-41-42-43-44-45-46-47-49-51-53-55-57-59-61-63-70(75)81-68(67-80-72(71(76)77)78-65-64-73(3,4)5)66-79-69(74)62-60-58-56-54-52-50-48-21-19-17-15-13-11-9-7-2/h15,17-18,20-21,23-24,26-27,48,68,72H,6-14,16,19,22,25,28-47,49-67H2,1-5H3/b17-15-,20-18-,24-23-,27-26-,48-21-. The fourth-order valence-electron chi connectivity index (χ4n) is 9.93. The molecule has 472 valence electrons. The molecule has 0 aliphatic heterocycles. The van der Waals surface area contributed by atoms with Gasteiger partial charge in [-0.25, -0.2) is 0 Å². The Balaban J connectivity index is 3.93. The topological polar surface area (TPSA) is 111 Å². The quantitative estimate of drug-likeness (QED) is 0.0195. The Labute approximate surface area is 501 Å². The molecule has 0 spiro atoms. The van der Waals surface area contributed by atoms with E-state index < -0.39 is 24.3 Å². The molecule has 0 aromatic heterocycles. The number of esters is 2. The Bertz CT molecular complexity index is 1510. The molecule has 0 aliphatic carbocycles. The van der Waals surface area contributed by atoms with Crippen LogP contribution in [0.15, 0.2) is 60.8 Å². The van der Waals surface area contributed by atoms with Crippen molar-refractivity contribution in [1.82, 2.24) is 0 Å². The molecule has 0 heterocycles. The minimum atomic E-state index is -1.62. The van der Waals surface area contributed by atoms with E-state index in [0.717, 1.165) is 70.6 Å². The largest absolute Gasteiger partial charge is 0.545 e. The van der Waals surface area contributed by atoms with Gasteiger partial charge in [-0.05, 0) is 83.5 Å². The molecular formula is C72H131NO8. The second kappa shape index (κ2) is 63.0. The van der Waals surface area contributed by atoms with Gasteiger partial charge in [-0.15, -0.1) is 0 Å². The van der Waals surface area contributed by atoms with Crippen LogP contribution in [0.2, 0.25) is 0 Å². The number of rotatable bonds is 64. The van der Waals surface area contributed by atoms with E-state index in [0.29, 0.717) is 17.4 Å². The number of carboxylic acids is 1. The molecule has 9 heteroatoms. The van der Waals surface area contributed by atoms with Crippen LogP contribution in [0, 0.1) is 0 Å². The average Bonchev–Trinajstić information content (AvgIpc) is 3.44. The summed E-state index contributed by atoms with van der Waals surface area (Å²) in [7, 11) is 5.93. The first-order valence-corrected chi connectivity index (χ1v) is 34.4. The van der Waals surface area contributed by atoms with Gasteiger partial charge >= 0.3 is 11.9 Å². The molecule has 81 heavy (non-hydrogen) atoms. The summed E-state index contributed by atoms with van der Waals surface area (Å²) < 4.78 is 22.7. The maximum absolute atomic E-state index is 12.9. The molecule has 0 N–H and O–H groups in total. The highest BCUT2D eigenvalue weighted by Gasteiger charge is 2.22. The Kier molecular flexibility index (Phi) is 60.7. The van der Waals surface area contributed by atoms with E-state index in [2.05, 4.69) is 74.6 Å². The number of nitrogens with zero attached hydrogens (tertiary/aromatic N) is 1. The van der Waals surface area contributed by atoms with Gasteiger partial charge in [0.2, 0.25) is 0 Å². The Morgan fingerprint density at radius 2 is 0.667 bits per heavy atom. The number of hydrogen-bond acceptors (Lipinski definition) is 8. The molecule has 0 aromatic carbocycles. The lowest BCUT2D eigenvalue weighted by atomic mass is 10.0. The van der Waals surface area contributed by atoms with Gasteiger partial charge < -0.3 is 33.3 Å². The normalized spacial score (nSPS) is 13.0. The molecule has 0 rings (SSSR count). The number of hydrogen-bond donors (Lipinski definition) is 0. The van der Waals surface area contributed by atoms with Crippen LogP contribution >= 0.6 is 0 Å². The first-order valence-electron chi connectivity index (χ1n) is 34.4. The fourth-order valence-corrected chi connectivity index (χ4v) is 9.93. The van der Waals surface area contributed by atoms with Crippen LogP contribution in [0.5, 0.6) is 0 Å². The zero-order chi connectivity index (χ0) is 59.1. The maximum atomic E-state index is 12.9. The number of aliphatic carboxylic acids is 1. The SMILES string of the molecule is CCCCC/C=C\C/C=C\CCCCCCCC(=O)OCC(COC(OCC[N+](C)(C)C)C(=O)[O-])OC(=O)CCCCCCCCCCCCCCCCCCCCCCCCCCCC/C=C\C/C=C\C/C=C\CCCCCCC. The van der Waals surface area contributed by atoms with Crippen LogP contribution in [0.1, 0.15) is 322 Å². The summed E-state index contributed by atoms with van der Waals surface area (Å²) in [4.78, 5) is 37.3. The molecule has 0 saturated carbocycles. The van der Waals surface area contributed by atoms with E-state index in [9.17, 15) is 19.5 Å². The van der Waals surface area contributed by atoms with Crippen LogP contribution in [-0.4, -0.2) is 82.3 Å². The zero-order valence-electron chi connectivity index (χ0n) is 53.9. The first kappa shape index (κ1) is 78.0. The van der Waals surface area contributed by atoms with Gasteiger partial charge in [0.1, 0.15) is 13.2 Å². The third kappa shape index (κ3) is 64.4. The van der Waals surface area contributed by atoms with Gasteiger partial charge in [-0.1, -0.05) is 286 Å². The lowest BCUT2D eigenvalue weighted by Crippen LogP contribution is -2.44. The molecule has 0 saturated heterocycles. The number of quaternary nitrogens is 1. The number of allylic oxidation sites excluding steroid dienone is 10. The minimum Gasteiger partial charge on any atom is -0.545 e. The Morgan fingerprint density at radius 3 is 1.01 bits per heavy atom. The van der Waals surface area contributed by atoms with E-state index in [1.165, 1.54) is 218 Å². The van der Waals surface area contributed by atoms with E-state index in [1.807, 2.05) is 21.1 Å². The van der Waals surface area contributed by atoms with Crippen molar-refractivity contribution in [3.63, 3.8) is 0 Å². The maximum Gasteiger partial charge on any atom is 0.306 e. The van der Waals surface area contributed by atoms with Crippen molar-refractivity contribution in [2.45, 2.75) is 334 Å². The smallest absolute Gasteiger partial charge is 0.306 e. The Morgan fingerprint density at radius 1 is 0.370 bits per heavy atom. The van der Waals surface area contributed by atoms with Crippen molar-refractivity contribution < 1.29 is 42.9 Å². The third-order valence-corrected chi connectivity index (χ3v) is 15.2. The molecule has 9 nitrogen and oxygen atoms in total. The summed E-state index contributed by atoms with van der Waals surface area (Å²) in [6.45, 7) is 4.72. The molecule has 0 aliphatic rings.